The highest BCUT2D eigenvalue weighted by atomic mass is 35.5. The molecule has 0 spiro atoms. The third-order valence-corrected chi connectivity index (χ3v) is 5.98. The number of rotatable bonds is 9. The Labute approximate surface area is 194 Å². The molecule has 1 saturated heterocycles. The molecule has 1 aliphatic heterocycles. The molecule has 8 nitrogen and oxygen atoms in total. The maximum atomic E-state index is 13.7. The molecule has 0 radical (unpaired) electrons. The van der Waals surface area contributed by atoms with Gasteiger partial charge in [-0.1, -0.05) is 53.5 Å². The predicted molar refractivity (Wildman–Crippen MR) is 119 cm³/mol. The minimum Gasteiger partial charge on any atom is -0.345 e. The van der Waals surface area contributed by atoms with Crippen LogP contribution < -0.4 is 10.6 Å². The summed E-state index contributed by atoms with van der Waals surface area (Å²) in [5.74, 6) is -0.908. The number of hydrogen-bond acceptors (Lipinski definition) is 5. The highest BCUT2D eigenvalue weighted by molar-refractivity contribution is 7.46. The van der Waals surface area contributed by atoms with Crippen molar-refractivity contribution < 1.29 is 28.1 Å². The maximum Gasteiger partial charge on any atom is 0.470 e. The zero-order valence-electron chi connectivity index (χ0n) is 16.8. The van der Waals surface area contributed by atoms with Crippen molar-refractivity contribution in [2.75, 3.05) is 13.2 Å². The number of nitrogens with zero attached hydrogens (tertiary/aromatic N) is 1. The predicted octanol–water partition coefficient (Wildman–Crippen LogP) is 3.58. The summed E-state index contributed by atoms with van der Waals surface area (Å²) < 4.78 is 29.9. The fourth-order valence-corrected chi connectivity index (χ4v) is 4.23. The van der Waals surface area contributed by atoms with Crippen molar-refractivity contribution in [2.45, 2.75) is 35.9 Å². The molecule has 1 aromatic carbocycles. The Balaban J connectivity index is 1.81. The zero-order valence-corrected chi connectivity index (χ0v) is 19.2. The van der Waals surface area contributed by atoms with Gasteiger partial charge in [-0.25, -0.2) is 8.96 Å². The first kappa shape index (κ1) is 25.1. The van der Waals surface area contributed by atoms with E-state index in [1.807, 2.05) is 12.1 Å². The third kappa shape index (κ3) is 6.71. The number of pyridine rings is 1. The van der Waals surface area contributed by atoms with Gasteiger partial charge in [0.05, 0.1) is 11.7 Å². The van der Waals surface area contributed by atoms with Crippen LogP contribution in [-0.2, 0) is 13.9 Å². The Morgan fingerprint density at radius 3 is 2.44 bits per heavy atom. The van der Waals surface area contributed by atoms with E-state index in [1.54, 1.807) is 18.3 Å². The molecule has 1 fully saturated rings. The van der Waals surface area contributed by atoms with Crippen LogP contribution in [0.4, 0.5) is 4.39 Å². The Bertz CT molecular complexity index is 953. The Morgan fingerprint density at radius 1 is 1.25 bits per heavy atom. The Hall–Kier alpha value is -1.58. The first-order chi connectivity index (χ1) is 15.2. The number of nitrogens with one attached hydrogen (secondary N) is 2. The minimum atomic E-state index is -5.01. The molecule has 3 unspecified atom stereocenters. The normalized spacial score (nSPS) is 18.5. The smallest absolute Gasteiger partial charge is 0.345 e. The zero-order chi connectivity index (χ0) is 23.3. The molecular weight excluding hydrogens is 483 g/mol. The standard InChI is InChI=1S/C20H23Cl2FN3O5P/c21-19(22)20(27)26-17(10-23)18(31-32(28,29)30)13-5-3-12(4-6-13)14-7-8-16(25-11-14)15-2-1-9-24-15/h3-8,11,15,17-19,24H,1-2,9-10H2,(H,26,27)(H2,28,29,30). The van der Waals surface area contributed by atoms with Gasteiger partial charge in [0.2, 0.25) is 0 Å². The first-order valence-electron chi connectivity index (χ1n) is 9.86. The number of amides is 1. The van der Waals surface area contributed by atoms with Gasteiger partial charge in [0.25, 0.3) is 5.91 Å². The van der Waals surface area contributed by atoms with Crippen LogP contribution in [0.2, 0.25) is 0 Å². The van der Waals surface area contributed by atoms with Gasteiger partial charge in [0.1, 0.15) is 12.8 Å². The summed E-state index contributed by atoms with van der Waals surface area (Å²) in [7, 11) is -5.01. The molecule has 32 heavy (non-hydrogen) atoms. The molecule has 2 aromatic rings. The number of aromatic nitrogens is 1. The van der Waals surface area contributed by atoms with Crippen LogP contribution in [0, 0.1) is 0 Å². The number of hydrogen-bond donors (Lipinski definition) is 4. The third-order valence-electron chi connectivity index (χ3n) is 5.08. The van der Waals surface area contributed by atoms with Crippen LogP contribution >= 0.6 is 31.0 Å². The van der Waals surface area contributed by atoms with Gasteiger partial charge in [-0.2, -0.15) is 0 Å². The molecule has 1 aliphatic rings. The molecule has 0 aliphatic carbocycles. The van der Waals surface area contributed by atoms with Crippen molar-refractivity contribution in [3.05, 3.63) is 53.9 Å². The summed E-state index contributed by atoms with van der Waals surface area (Å²) in [6, 6.07) is 9.19. The number of carbonyl (C=O) groups excluding carboxylic acids is 1. The SMILES string of the molecule is O=C(NC(CF)C(OP(=O)(O)O)c1ccc(-c2ccc(C3CCCN3)nc2)cc1)C(Cl)Cl. The molecule has 3 rings (SSSR count). The Morgan fingerprint density at radius 2 is 1.94 bits per heavy atom. The number of phosphoric acid groups is 1. The van der Waals surface area contributed by atoms with Crippen LogP contribution in [0.1, 0.15) is 36.2 Å². The van der Waals surface area contributed by atoms with Crippen LogP contribution in [0.3, 0.4) is 0 Å². The molecule has 2 heterocycles. The van der Waals surface area contributed by atoms with Crippen LogP contribution in [0.25, 0.3) is 11.1 Å². The molecule has 0 bridgehead atoms. The second-order valence-electron chi connectivity index (χ2n) is 7.33. The summed E-state index contributed by atoms with van der Waals surface area (Å²) in [6.45, 7) is -0.191. The average molecular weight is 506 g/mol. The van der Waals surface area contributed by atoms with Gasteiger partial charge >= 0.3 is 7.82 Å². The molecule has 0 saturated carbocycles. The molecule has 12 heteroatoms. The lowest BCUT2D eigenvalue weighted by Gasteiger charge is -2.27. The molecular formula is C20H23Cl2FN3O5P. The second-order valence-corrected chi connectivity index (χ2v) is 9.62. The van der Waals surface area contributed by atoms with Crippen molar-refractivity contribution in [3.8, 4) is 11.1 Å². The van der Waals surface area contributed by atoms with Crippen molar-refractivity contribution in [2.24, 2.45) is 0 Å². The highest BCUT2D eigenvalue weighted by Gasteiger charge is 2.33. The Kier molecular flexibility index (Phi) is 8.63. The highest BCUT2D eigenvalue weighted by Crippen LogP contribution is 2.44. The number of phosphoric ester groups is 1. The van der Waals surface area contributed by atoms with E-state index in [0.29, 0.717) is 0 Å². The van der Waals surface area contributed by atoms with E-state index >= 15 is 0 Å². The van der Waals surface area contributed by atoms with E-state index in [-0.39, 0.29) is 11.6 Å². The number of alkyl halides is 3. The summed E-state index contributed by atoms with van der Waals surface area (Å²) >= 11 is 11.0. The summed E-state index contributed by atoms with van der Waals surface area (Å²) in [5, 5.41) is 5.59. The lowest BCUT2D eigenvalue weighted by molar-refractivity contribution is -0.121. The van der Waals surface area contributed by atoms with Crippen LogP contribution in [-0.4, -0.2) is 44.8 Å². The number of halogens is 3. The summed E-state index contributed by atoms with van der Waals surface area (Å²) in [4.78, 5) is 33.4. The molecule has 1 amide bonds. The molecule has 174 valence electrons. The lowest BCUT2D eigenvalue weighted by Crippen LogP contribution is -2.43. The quantitative estimate of drug-likeness (QED) is 0.303. The number of benzene rings is 1. The lowest BCUT2D eigenvalue weighted by atomic mass is 9.99. The van der Waals surface area contributed by atoms with Gasteiger partial charge in [-0.3, -0.25) is 14.3 Å². The first-order valence-corrected chi connectivity index (χ1v) is 12.3. The van der Waals surface area contributed by atoms with Gasteiger partial charge in [-0.05, 0) is 36.6 Å². The van der Waals surface area contributed by atoms with Crippen LogP contribution in [0.5, 0.6) is 0 Å². The van der Waals surface area contributed by atoms with E-state index in [0.717, 1.165) is 36.2 Å². The van der Waals surface area contributed by atoms with E-state index in [1.165, 1.54) is 12.1 Å². The topological polar surface area (TPSA) is 121 Å². The monoisotopic (exact) mass is 505 g/mol. The van der Waals surface area contributed by atoms with Crippen molar-refractivity contribution in [1.29, 1.82) is 0 Å². The fraction of sp³-hybridized carbons (Fsp3) is 0.400. The average Bonchev–Trinajstić information content (AvgIpc) is 3.30. The van der Waals surface area contributed by atoms with Gasteiger partial charge in [0, 0.05) is 17.8 Å². The second kappa shape index (κ2) is 11.0. The van der Waals surface area contributed by atoms with Gasteiger partial charge < -0.3 is 20.4 Å². The van der Waals surface area contributed by atoms with Gasteiger partial charge in [0.15, 0.2) is 4.84 Å². The minimum absolute atomic E-state index is 0.250. The maximum absolute atomic E-state index is 13.7. The number of carbonyl (C=O) groups is 1. The van der Waals surface area contributed by atoms with Crippen molar-refractivity contribution in [1.82, 2.24) is 15.6 Å². The van der Waals surface area contributed by atoms with Crippen molar-refractivity contribution >= 4 is 36.9 Å². The van der Waals surface area contributed by atoms with E-state index in [9.17, 15) is 23.5 Å². The fourth-order valence-electron chi connectivity index (χ4n) is 3.54. The van der Waals surface area contributed by atoms with Crippen LogP contribution in [0.15, 0.2) is 42.6 Å². The van der Waals surface area contributed by atoms with Crippen molar-refractivity contribution in [3.63, 3.8) is 0 Å². The van der Waals surface area contributed by atoms with Gasteiger partial charge in [-0.15, -0.1) is 0 Å². The van der Waals surface area contributed by atoms with E-state index < -0.39 is 37.4 Å². The molecule has 3 atom stereocenters. The van der Waals surface area contributed by atoms with E-state index in [4.69, 9.17) is 27.7 Å². The molecule has 4 N–H and O–H groups in total. The summed E-state index contributed by atoms with van der Waals surface area (Å²) in [6.07, 6.45) is 2.44. The summed E-state index contributed by atoms with van der Waals surface area (Å²) in [5.41, 5.74) is 2.86. The molecule has 1 aromatic heterocycles. The van der Waals surface area contributed by atoms with E-state index in [2.05, 4.69) is 15.6 Å². The largest absolute Gasteiger partial charge is 0.470 e.